The molecule has 72 valence electrons. The van der Waals surface area contributed by atoms with Crippen molar-refractivity contribution < 1.29 is 19.1 Å². The highest BCUT2D eigenvalue weighted by Crippen LogP contribution is 2.01. The van der Waals surface area contributed by atoms with Crippen molar-refractivity contribution in [1.82, 2.24) is 0 Å². The molecule has 4 nitrogen and oxygen atoms in total. The summed E-state index contributed by atoms with van der Waals surface area (Å²) in [5.74, 6) is -1.69. The van der Waals surface area contributed by atoms with E-state index in [1.165, 1.54) is 20.8 Å². The van der Waals surface area contributed by atoms with Gasteiger partial charge in [0.15, 0.2) is 11.6 Å². The number of carbonyl (C=O) groups excluding carboxylic acids is 3. The van der Waals surface area contributed by atoms with Gasteiger partial charge in [-0.25, -0.2) is 4.79 Å². The van der Waals surface area contributed by atoms with Crippen molar-refractivity contribution in [3.8, 4) is 0 Å². The van der Waals surface area contributed by atoms with Crippen LogP contribution in [0.25, 0.3) is 0 Å². The van der Waals surface area contributed by atoms with Gasteiger partial charge in [-0.1, -0.05) is 6.58 Å². The highest BCUT2D eigenvalue weighted by molar-refractivity contribution is 6.05. The van der Waals surface area contributed by atoms with Gasteiger partial charge in [0.25, 0.3) is 0 Å². The number of ketones is 2. The van der Waals surface area contributed by atoms with Gasteiger partial charge in [-0.05, 0) is 20.8 Å². The quantitative estimate of drug-likeness (QED) is 0.365. The standard InChI is InChI=1S/C9H12O4/c1-5(2)9(12)13-8(6(3)10)7(4)11/h8H,1H2,2-4H3. The number of hydrogen-bond acceptors (Lipinski definition) is 4. The summed E-state index contributed by atoms with van der Waals surface area (Å²) in [6, 6.07) is 0. The fourth-order valence-electron chi connectivity index (χ4n) is 0.660. The second-order valence-electron chi connectivity index (χ2n) is 2.79. The average Bonchev–Trinajstić information content (AvgIpc) is 1.97. The van der Waals surface area contributed by atoms with E-state index in [9.17, 15) is 14.4 Å². The molecule has 0 bridgehead atoms. The topological polar surface area (TPSA) is 60.4 Å². The third-order valence-corrected chi connectivity index (χ3v) is 1.31. The fourth-order valence-corrected chi connectivity index (χ4v) is 0.660. The number of esters is 1. The molecular formula is C9H12O4. The van der Waals surface area contributed by atoms with Crippen LogP contribution in [0.3, 0.4) is 0 Å². The Kier molecular flexibility index (Phi) is 4.04. The second kappa shape index (κ2) is 4.54. The van der Waals surface area contributed by atoms with Gasteiger partial charge in [0.2, 0.25) is 6.10 Å². The molecule has 0 radical (unpaired) electrons. The minimum absolute atomic E-state index is 0.160. The summed E-state index contributed by atoms with van der Waals surface area (Å²) in [4.78, 5) is 32.6. The zero-order chi connectivity index (χ0) is 10.6. The van der Waals surface area contributed by atoms with Gasteiger partial charge in [-0.2, -0.15) is 0 Å². The van der Waals surface area contributed by atoms with Gasteiger partial charge in [-0.3, -0.25) is 9.59 Å². The Balaban J connectivity index is 4.45. The second-order valence-corrected chi connectivity index (χ2v) is 2.79. The molecule has 0 rings (SSSR count). The number of rotatable bonds is 4. The Labute approximate surface area is 76.6 Å². The van der Waals surface area contributed by atoms with E-state index in [1.807, 2.05) is 0 Å². The zero-order valence-electron chi connectivity index (χ0n) is 7.92. The molecule has 0 aromatic rings. The predicted molar refractivity (Wildman–Crippen MR) is 46.1 cm³/mol. The first-order chi connectivity index (χ1) is 5.86. The molecule has 0 saturated heterocycles. The molecular weight excluding hydrogens is 172 g/mol. The van der Waals surface area contributed by atoms with Gasteiger partial charge in [0, 0.05) is 5.57 Å². The van der Waals surface area contributed by atoms with Crippen LogP contribution in [0.4, 0.5) is 0 Å². The largest absolute Gasteiger partial charge is 0.443 e. The Morgan fingerprint density at radius 2 is 1.46 bits per heavy atom. The van der Waals surface area contributed by atoms with Crippen molar-refractivity contribution in [2.75, 3.05) is 0 Å². The molecule has 0 saturated carbocycles. The number of hydrogen-bond donors (Lipinski definition) is 0. The molecule has 0 aliphatic rings. The molecule has 0 aromatic carbocycles. The molecule has 0 amide bonds. The SMILES string of the molecule is C=C(C)C(=O)OC(C(C)=O)C(C)=O. The van der Waals surface area contributed by atoms with Crippen LogP contribution in [0.15, 0.2) is 12.2 Å². The van der Waals surface area contributed by atoms with E-state index in [2.05, 4.69) is 11.3 Å². The van der Waals surface area contributed by atoms with E-state index in [-0.39, 0.29) is 5.57 Å². The minimum Gasteiger partial charge on any atom is -0.443 e. The smallest absolute Gasteiger partial charge is 0.334 e. The molecule has 0 aromatic heterocycles. The summed E-state index contributed by atoms with van der Waals surface area (Å²) >= 11 is 0. The first-order valence-electron chi connectivity index (χ1n) is 3.73. The molecule has 0 atom stereocenters. The Hall–Kier alpha value is -1.45. The van der Waals surface area contributed by atoms with Crippen LogP contribution >= 0.6 is 0 Å². The van der Waals surface area contributed by atoms with E-state index in [4.69, 9.17) is 0 Å². The highest BCUT2D eigenvalue weighted by Gasteiger charge is 2.23. The van der Waals surface area contributed by atoms with Gasteiger partial charge in [0.05, 0.1) is 0 Å². The average molecular weight is 184 g/mol. The summed E-state index contributed by atoms with van der Waals surface area (Å²) in [6.45, 7) is 7.16. The molecule has 0 spiro atoms. The summed E-state index contributed by atoms with van der Waals surface area (Å²) in [5, 5.41) is 0. The number of Topliss-reactive ketones (excluding diaryl/α,β-unsaturated/α-hetero) is 2. The summed E-state index contributed by atoms with van der Waals surface area (Å²) in [5.41, 5.74) is 0.160. The Bertz CT molecular complexity index is 251. The van der Waals surface area contributed by atoms with Crippen LogP contribution < -0.4 is 0 Å². The summed E-state index contributed by atoms with van der Waals surface area (Å²) in [7, 11) is 0. The van der Waals surface area contributed by atoms with Gasteiger partial charge >= 0.3 is 5.97 Å². The van der Waals surface area contributed by atoms with Crippen molar-refractivity contribution in [2.45, 2.75) is 26.9 Å². The van der Waals surface area contributed by atoms with Crippen LogP contribution in [0.5, 0.6) is 0 Å². The molecule has 13 heavy (non-hydrogen) atoms. The van der Waals surface area contributed by atoms with E-state index in [0.717, 1.165) is 0 Å². The molecule has 0 aliphatic carbocycles. The van der Waals surface area contributed by atoms with Crippen LogP contribution in [0, 0.1) is 0 Å². The van der Waals surface area contributed by atoms with Crippen molar-refractivity contribution in [1.29, 1.82) is 0 Å². The molecule has 0 unspecified atom stereocenters. The maximum Gasteiger partial charge on any atom is 0.334 e. The Morgan fingerprint density at radius 1 is 1.08 bits per heavy atom. The highest BCUT2D eigenvalue weighted by atomic mass is 16.5. The van der Waals surface area contributed by atoms with Crippen molar-refractivity contribution in [3.05, 3.63) is 12.2 Å². The summed E-state index contributed by atoms with van der Waals surface area (Å²) in [6.07, 6.45) is -1.29. The lowest BCUT2D eigenvalue weighted by Gasteiger charge is -2.11. The monoisotopic (exact) mass is 184 g/mol. The predicted octanol–water partition coefficient (Wildman–Crippen LogP) is 0.652. The van der Waals surface area contributed by atoms with Crippen molar-refractivity contribution >= 4 is 17.5 Å². The minimum atomic E-state index is -1.29. The van der Waals surface area contributed by atoms with Crippen LogP contribution in [0.1, 0.15) is 20.8 Å². The maximum absolute atomic E-state index is 10.9. The van der Waals surface area contributed by atoms with Gasteiger partial charge in [0.1, 0.15) is 0 Å². The lowest BCUT2D eigenvalue weighted by Crippen LogP contribution is -2.32. The van der Waals surface area contributed by atoms with Crippen LogP contribution in [-0.4, -0.2) is 23.6 Å². The van der Waals surface area contributed by atoms with E-state index < -0.39 is 23.6 Å². The number of carbonyl (C=O) groups is 3. The van der Waals surface area contributed by atoms with E-state index in [0.29, 0.717) is 0 Å². The molecule has 0 fully saturated rings. The molecule has 0 heterocycles. The molecule has 4 heteroatoms. The molecule has 0 aliphatic heterocycles. The van der Waals surface area contributed by atoms with Crippen molar-refractivity contribution in [3.63, 3.8) is 0 Å². The normalized spacial score (nSPS) is 9.54. The van der Waals surface area contributed by atoms with Crippen LogP contribution in [-0.2, 0) is 19.1 Å². The first kappa shape index (κ1) is 11.6. The lowest BCUT2D eigenvalue weighted by molar-refractivity contribution is -0.155. The molecule has 0 N–H and O–H groups in total. The van der Waals surface area contributed by atoms with Gasteiger partial charge in [-0.15, -0.1) is 0 Å². The Morgan fingerprint density at radius 3 is 1.69 bits per heavy atom. The van der Waals surface area contributed by atoms with Crippen molar-refractivity contribution in [2.24, 2.45) is 0 Å². The fraction of sp³-hybridized carbons (Fsp3) is 0.444. The third kappa shape index (κ3) is 3.64. The first-order valence-corrected chi connectivity index (χ1v) is 3.73. The third-order valence-electron chi connectivity index (χ3n) is 1.31. The zero-order valence-corrected chi connectivity index (χ0v) is 7.92. The lowest BCUT2D eigenvalue weighted by atomic mass is 10.2. The van der Waals surface area contributed by atoms with Crippen LogP contribution in [0.2, 0.25) is 0 Å². The van der Waals surface area contributed by atoms with Gasteiger partial charge < -0.3 is 4.74 Å². The maximum atomic E-state index is 10.9. The number of ether oxygens (including phenoxy) is 1. The summed E-state index contributed by atoms with van der Waals surface area (Å²) < 4.78 is 4.60. The van der Waals surface area contributed by atoms with E-state index in [1.54, 1.807) is 0 Å². The van der Waals surface area contributed by atoms with E-state index >= 15 is 0 Å².